The Hall–Kier alpha value is -2.75. The van der Waals surface area contributed by atoms with Crippen LogP contribution >= 0.6 is 0 Å². The van der Waals surface area contributed by atoms with Crippen LogP contribution in [-0.2, 0) is 6.42 Å². The highest BCUT2D eigenvalue weighted by Gasteiger charge is 2.28. The lowest BCUT2D eigenvalue weighted by molar-refractivity contribution is 0.388. The fourth-order valence-corrected chi connectivity index (χ4v) is 3.92. The average molecular weight is 334 g/mol. The second-order valence-corrected chi connectivity index (χ2v) is 6.46. The lowest BCUT2D eigenvalue weighted by atomic mass is 9.79. The Kier molecular flexibility index (Phi) is 3.96. The van der Waals surface area contributed by atoms with E-state index in [9.17, 15) is 0 Å². The molecule has 0 spiro atoms. The van der Waals surface area contributed by atoms with E-state index in [2.05, 4.69) is 12.1 Å². The summed E-state index contributed by atoms with van der Waals surface area (Å²) in [6.45, 7) is 0. The maximum absolute atomic E-state index is 6.61. The SMILES string of the molecule is COc1ccc(C2CCCc3nc4ccccc4c(N)c32)c(OC)c1. The normalized spacial score (nSPS) is 16.5. The van der Waals surface area contributed by atoms with Gasteiger partial charge in [-0.2, -0.15) is 0 Å². The van der Waals surface area contributed by atoms with Gasteiger partial charge in [0.25, 0.3) is 0 Å². The van der Waals surface area contributed by atoms with Crippen LogP contribution < -0.4 is 15.2 Å². The van der Waals surface area contributed by atoms with Gasteiger partial charge in [0, 0.05) is 39.9 Å². The van der Waals surface area contributed by atoms with Crippen LogP contribution in [0.5, 0.6) is 11.5 Å². The van der Waals surface area contributed by atoms with Crippen LogP contribution in [0.1, 0.15) is 35.6 Å². The van der Waals surface area contributed by atoms with Crippen LogP contribution in [0.2, 0.25) is 0 Å². The number of hydrogen-bond acceptors (Lipinski definition) is 4. The van der Waals surface area contributed by atoms with Crippen molar-refractivity contribution in [1.82, 2.24) is 4.98 Å². The Morgan fingerprint density at radius 3 is 2.72 bits per heavy atom. The minimum absolute atomic E-state index is 0.196. The maximum atomic E-state index is 6.61. The van der Waals surface area contributed by atoms with Crippen LogP contribution in [-0.4, -0.2) is 19.2 Å². The number of aromatic nitrogens is 1. The second-order valence-electron chi connectivity index (χ2n) is 6.46. The Bertz CT molecular complexity index is 937. The lowest BCUT2D eigenvalue weighted by Crippen LogP contribution is -2.16. The minimum Gasteiger partial charge on any atom is -0.497 e. The molecule has 0 saturated carbocycles. The molecule has 0 fully saturated rings. The molecule has 2 aromatic carbocycles. The molecule has 0 amide bonds. The van der Waals surface area contributed by atoms with Gasteiger partial charge in [-0.15, -0.1) is 0 Å². The second kappa shape index (κ2) is 6.28. The first-order valence-corrected chi connectivity index (χ1v) is 8.62. The first-order valence-electron chi connectivity index (χ1n) is 8.62. The smallest absolute Gasteiger partial charge is 0.126 e. The molecule has 0 radical (unpaired) electrons. The number of ether oxygens (including phenoxy) is 2. The maximum Gasteiger partial charge on any atom is 0.126 e. The molecule has 3 aromatic rings. The Morgan fingerprint density at radius 2 is 1.92 bits per heavy atom. The summed E-state index contributed by atoms with van der Waals surface area (Å²) in [5.74, 6) is 1.83. The standard InChI is InChI=1S/C21H22N2O2/c1-24-13-10-11-14(19(12-13)25-2)15-7-5-9-18-20(15)21(22)16-6-3-4-8-17(16)23-18/h3-4,6,8,10-12,15H,5,7,9H2,1-2H3,(H2,22,23). The van der Waals surface area contributed by atoms with E-state index in [-0.39, 0.29) is 5.92 Å². The van der Waals surface area contributed by atoms with Crippen LogP contribution in [0, 0.1) is 0 Å². The van der Waals surface area contributed by atoms with Gasteiger partial charge in [-0.3, -0.25) is 4.98 Å². The van der Waals surface area contributed by atoms with Crippen molar-refractivity contribution in [2.24, 2.45) is 0 Å². The van der Waals surface area contributed by atoms with E-state index in [1.807, 2.05) is 30.3 Å². The van der Waals surface area contributed by atoms with Crippen molar-refractivity contribution in [3.05, 3.63) is 59.3 Å². The van der Waals surface area contributed by atoms with Gasteiger partial charge in [0.15, 0.2) is 0 Å². The van der Waals surface area contributed by atoms with E-state index in [4.69, 9.17) is 20.2 Å². The topological polar surface area (TPSA) is 57.4 Å². The highest BCUT2D eigenvalue weighted by atomic mass is 16.5. The van der Waals surface area contributed by atoms with E-state index < -0.39 is 0 Å². The fraction of sp³-hybridized carbons (Fsp3) is 0.286. The van der Waals surface area contributed by atoms with Crippen molar-refractivity contribution < 1.29 is 9.47 Å². The van der Waals surface area contributed by atoms with Gasteiger partial charge >= 0.3 is 0 Å². The summed E-state index contributed by atoms with van der Waals surface area (Å²) < 4.78 is 11.0. The molecular weight excluding hydrogens is 312 g/mol. The largest absolute Gasteiger partial charge is 0.497 e. The van der Waals surface area contributed by atoms with Crippen molar-refractivity contribution in [2.75, 3.05) is 20.0 Å². The molecule has 1 unspecified atom stereocenters. The molecule has 1 atom stereocenters. The van der Waals surface area contributed by atoms with Crippen molar-refractivity contribution in [1.29, 1.82) is 0 Å². The van der Waals surface area contributed by atoms with Gasteiger partial charge in [-0.1, -0.05) is 24.3 Å². The number of aryl methyl sites for hydroxylation is 1. The van der Waals surface area contributed by atoms with Gasteiger partial charge in [0.1, 0.15) is 11.5 Å². The van der Waals surface area contributed by atoms with Gasteiger partial charge in [-0.25, -0.2) is 0 Å². The van der Waals surface area contributed by atoms with Crippen LogP contribution in [0.4, 0.5) is 5.69 Å². The summed E-state index contributed by atoms with van der Waals surface area (Å²) in [5.41, 5.74) is 11.9. The third kappa shape index (κ3) is 2.58. The molecule has 4 heteroatoms. The quantitative estimate of drug-likeness (QED) is 0.776. The van der Waals surface area contributed by atoms with E-state index in [1.54, 1.807) is 14.2 Å². The Morgan fingerprint density at radius 1 is 1.08 bits per heavy atom. The van der Waals surface area contributed by atoms with Crippen molar-refractivity contribution in [3.63, 3.8) is 0 Å². The van der Waals surface area contributed by atoms with E-state index in [0.29, 0.717) is 0 Å². The number of rotatable bonds is 3. The first-order chi connectivity index (χ1) is 12.2. The molecule has 0 bridgehead atoms. The molecule has 25 heavy (non-hydrogen) atoms. The number of hydrogen-bond donors (Lipinski definition) is 1. The molecule has 1 aliphatic rings. The summed E-state index contributed by atoms with van der Waals surface area (Å²) in [6, 6.07) is 14.1. The summed E-state index contributed by atoms with van der Waals surface area (Å²) in [6.07, 6.45) is 3.11. The number of nitrogens with two attached hydrogens (primary N) is 1. The molecule has 4 rings (SSSR count). The van der Waals surface area contributed by atoms with E-state index in [1.165, 1.54) is 0 Å². The van der Waals surface area contributed by atoms with Crippen LogP contribution in [0.3, 0.4) is 0 Å². The molecule has 1 heterocycles. The number of para-hydroxylation sites is 1. The Balaban J connectivity index is 1.92. The number of benzene rings is 2. The van der Waals surface area contributed by atoms with Crippen molar-refractivity contribution in [2.45, 2.75) is 25.2 Å². The molecule has 0 aliphatic heterocycles. The number of pyridine rings is 1. The highest BCUT2D eigenvalue weighted by Crippen LogP contribution is 2.45. The van der Waals surface area contributed by atoms with Crippen molar-refractivity contribution >= 4 is 16.6 Å². The van der Waals surface area contributed by atoms with Gasteiger partial charge in [-0.05, 0) is 31.4 Å². The summed E-state index contributed by atoms with van der Waals surface area (Å²) in [7, 11) is 3.36. The van der Waals surface area contributed by atoms with E-state index in [0.717, 1.165) is 64.2 Å². The number of nitrogens with zero attached hydrogens (tertiary/aromatic N) is 1. The van der Waals surface area contributed by atoms with E-state index >= 15 is 0 Å². The Labute approximate surface area is 147 Å². The number of methoxy groups -OCH3 is 2. The zero-order valence-electron chi connectivity index (χ0n) is 14.6. The van der Waals surface area contributed by atoms with Crippen molar-refractivity contribution in [3.8, 4) is 11.5 Å². The van der Waals surface area contributed by atoms with Gasteiger partial charge < -0.3 is 15.2 Å². The fourth-order valence-electron chi connectivity index (χ4n) is 3.92. The predicted octanol–water partition coefficient (Wildman–Crippen LogP) is 4.30. The summed E-state index contributed by atoms with van der Waals surface area (Å²) in [5, 5.41) is 1.03. The monoisotopic (exact) mass is 334 g/mol. The molecule has 4 nitrogen and oxygen atoms in total. The zero-order chi connectivity index (χ0) is 17.4. The number of anilines is 1. The molecule has 1 aromatic heterocycles. The van der Waals surface area contributed by atoms with Crippen LogP contribution in [0.15, 0.2) is 42.5 Å². The first kappa shape index (κ1) is 15.8. The lowest BCUT2D eigenvalue weighted by Gasteiger charge is -2.28. The third-order valence-corrected chi connectivity index (χ3v) is 5.12. The molecule has 128 valence electrons. The third-order valence-electron chi connectivity index (χ3n) is 5.12. The molecule has 2 N–H and O–H groups in total. The van der Waals surface area contributed by atoms with Gasteiger partial charge in [0.2, 0.25) is 0 Å². The summed E-state index contributed by atoms with van der Waals surface area (Å²) >= 11 is 0. The summed E-state index contributed by atoms with van der Waals surface area (Å²) in [4.78, 5) is 4.90. The number of nitrogen functional groups attached to an aromatic ring is 1. The van der Waals surface area contributed by atoms with Gasteiger partial charge in [0.05, 0.1) is 19.7 Å². The molecule has 0 saturated heterocycles. The average Bonchev–Trinajstić information content (AvgIpc) is 2.67. The number of fused-ring (bicyclic) bond motifs is 2. The zero-order valence-corrected chi connectivity index (χ0v) is 14.6. The highest BCUT2D eigenvalue weighted by molar-refractivity contribution is 5.92. The minimum atomic E-state index is 0.196. The van der Waals surface area contributed by atoms with Crippen LogP contribution in [0.25, 0.3) is 10.9 Å². The molecular formula is C21H22N2O2. The molecule has 1 aliphatic carbocycles. The predicted molar refractivity (Wildman–Crippen MR) is 100 cm³/mol.